The number of hydrogen-bond donors (Lipinski definition) is 1. The van der Waals surface area contributed by atoms with Crippen LogP contribution in [0.15, 0.2) is 22.7 Å². The van der Waals surface area contributed by atoms with E-state index in [-0.39, 0.29) is 5.82 Å². The zero-order valence-corrected chi connectivity index (χ0v) is 10.1. The average molecular weight is 274 g/mol. The van der Waals surface area contributed by atoms with E-state index in [0.29, 0.717) is 17.8 Å². The lowest BCUT2D eigenvalue weighted by molar-refractivity contribution is 0.0328. The van der Waals surface area contributed by atoms with Crippen LogP contribution >= 0.6 is 15.9 Å². The molecule has 1 N–H and O–H groups in total. The van der Waals surface area contributed by atoms with Crippen molar-refractivity contribution >= 4 is 21.6 Å². The highest BCUT2D eigenvalue weighted by molar-refractivity contribution is 9.10. The minimum atomic E-state index is -0.217. The Morgan fingerprint density at radius 1 is 1.47 bits per heavy atom. The van der Waals surface area contributed by atoms with Gasteiger partial charge in [0.25, 0.3) is 0 Å². The van der Waals surface area contributed by atoms with Crippen molar-refractivity contribution in [3.8, 4) is 0 Å². The van der Waals surface area contributed by atoms with Crippen molar-refractivity contribution in [2.45, 2.75) is 25.0 Å². The molecule has 1 aliphatic rings. The van der Waals surface area contributed by atoms with Gasteiger partial charge < -0.3 is 10.1 Å². The summed E-state index contributed by atoms with van der Waals surface area (Å²) in [5.74, 6) is -0.217. The first kappa shape index (κ1) is 10.9. The predicted molar refractivity (Wildman–Crippen MR) is 61.5 cm³/mol. The molecule has 0 amide bonds. The Labute approximate surface area is 96.9 Å². The molecule has 15 heavy (non-hydrogen) atoms. The number of nitrogens with one attached hydrogen (secondary N) is 1. The second-order valence-corrected chi connectivity index (χ2v) is 4.71. The van der Waals surface area contributed by atoms with Crippen molar-refractivity contribution in [1.29, 1.82) is 0 Å². The van der Waals surface area contributed by atoms with Gasteiger partial charge >= 0.3 is 0 Å². The minimum Gasteiger partial charge on any atom is -0.381 e. The molecule has 0 atom stereocenters. The molecule has 1 saturated carbocycles. The van der Waals surface area contributed by atoms with Crippen molar-refractivity contribution in [3.05, 3.63) is 28.5 Å². The van der Waals surface area contributed by atoms with Crippen LogP contribution in [-0.2, 0) is 4.74 Å². The summed E-state index contributed by atoms with van der Waals surface area (Å²) in [6.45, 7) is 0. The van der Waals surface area contributed by atoms with E-state index in [1.54, 1.807) is 13.2 Å². The Morgan fingerprint density at radius 3 is 2.80 bits per heavy atom. The molecule has 0 unspecified atom stereocenters. The number of methoxy groups -OCH3 is 1. The average Bonchev–Trinajstić information content (AvgIpc) is 2.13. The van der Waals surface area contributed by atoms with E-state index in [1.807, 2.05) is 6.07 Å². The molecule has 1 aromatic carbocycles. The number of ether oxygens (including phenoxy) is 1. The van der Waals surface area contributed by atoms with Crippen LogP contribution < -0.4 is 5.32 Å². The van der Waals surface area contributed by atoms with Gasteiger partial charge in [-0.1, -0.05) is 15.9 Å². The van der Waals surface area contributed by atoms with E-state index in [9.17, 15) is 4.39 Å². The first-order valence-corrected chi connectivity index (χ1v) is 5.72. The monoisotopic (exact) mass is 273 g/mol. The molecule has 0 spiro atoms. The SMILES string of the molecule is COC1CC(Nc2ccc(Br)cc2F)C1. The number of anilines is 1. The molecule has 2 rings (SSSR count). The van der Waals surface area contributed by atoms with Crippen LogP contribution in [-0.4, -0.2) is 19.3 Å². The van der Waals surface area contributed by atoms with Gasteiger partial charge in [-0.05, 0) is 31.0 Å². The Morgan fingerprint density at radius 2 is 2.20 bits per heavy atom. The zero-order valence-electron chi connectivity index (χ0n) is 8.47. The second kappa shape index (κ2) is 4.49. The minimum absolute atomic E-state index is 0.217. The summed E-state index contributed by atoms with van der Waals surface area (Å²) in [7, 11) is 1.71. The van der Waals surface area contributed by atoms with E-state index < -0.39 is 0 Å². The summed E-state index contributed by atoms with van der Waals surface area (Å²) < 4.78 is 19.3. The van der Waals surface area contributed by atoms with Crippen molar-refractivity contribution in [1.82, 2.24) is 0 Å². The molecule has 0 aromatic heterocycles. The van der Waals surface area contributed by atoms with Crippen LogP contribution in [0.3, 0.4) is 0 Å². The summed E-state index contributed by atoms with van der Waals surface area (Å²) in [5.41, 5.74) is 0.567. The fourth-order valence-electron chi connectivity index (χ4n) is 1.70. The molecule has 0 radical (unpaired) electrons. The lowest BCUT2D eigenvalue weighted by Crippen LogP contribution is -2.40. The molecule has 2 nitrogen and oxygen atoms in total. The molecule has 0 heterocycles. The Hall–Kier alpha value is -0.610. The zero-order chi connectivity index (χ0) is 10.8. The van der Waals surface area contributed by atoms with Crippen molar-refractivity contribution < 1.29 is 9.13 Å². The topological polar surface area (TPSA) is 21.3 Å². The highest BCUT2D eigenvalue weighted by Gasteiger charge is 2.29. The Balaban J connectivity index is 1.94. The summed E-state index contributed by atoms with van der Waals surface area (Å²) in [4.78, 5) is 0. The van der Waals surface area contributed by atoms with Crippen LogP contribution in [0, 0.1) is 5.82 Å². The second-order valence-electron chi connectivity index (χ2n) is 3.79. The fraction of sp³-hybridized carbons (Fsp3) is 0.455. The quantitative estimate of drug-likeness (QED) is 0.914. The third-order valence-electron chi connectivity index (χ3n) is 2.72. The lowest BCUT2D eigenvalue weighted by Gasteiger charge is -2.35. The summed E-state index contributed by atoms with van der Waals surface area (Å²) in [5, 5.41) is 3.16. The van der Waals surface area contributed by atoms with Crippen molar-refractivity contribution in [3.63, 3.8) is 0 Å². The molecule has 1 aliphatic carbocycles. The summed E-state index contributed by atoms with van der Waals surface area (Å²) in [6.07, 6.45) is 2.24. The molecule has 1 aromatic rings. The van der Waals surface area contributed by atoms with E-state index in [0.717, 1.165) is 17.3 Å². The summed E-state index contributed by atoms with van der Waals surface area (Å²) in [6, 6.07) is 5.39. The highest BCUT2D eigenvalue weighted by atomic mass is 79.9. The maximum atomic E-state index is 13.4. The van der Waals surface area contributed by atoms with E-state index >= 15 is 0 Å². The molecule has 0 bridgehead atoms. The first-order valence-electron chi connectivity index (χ1n) is 4.93. The molecular formula is C11H13BrFNO. The van der Waals surface area contributed by atoms with Gasteiger partial charge in [0.05, 0.1) is 11.8 Å². The Kier molecular flexibility index (Phi) is 3.26. The Bertz CT molecular complexity index is 352. The van der Waals surface area contributed by atoms with Crippen molar-refractivity contribution in [2.24, 2.45) is 0 Å². The highest BCUT2D eigenvalue weighted by Crippen LogP contribution is 2.28. The van der Waals surface area contributed by atoms with Crippen LogP contribution in [0.1, 0.15) is 12.8 Å². The number of hydrogen-bond acceptors (Lipinski definition) is 2. The largest absolute Gasteiger partial charge is 0.381 e. The van der Waals surface area contributed by atoms with Gasteiger partial charge in [-0.25, -0.2) is 4.39 Å². The van der Waals surface area contributed by atoms with Gasteiger partial charge in [0, 0.05) is 17.6 Å². The van der Waals surface area contributed by atoms with Gasteiger partial charge in [-0.2, -0.15) is 0 Å². The van der Waals surface area contributed by atoms with Crippen LogP contribution in [0.5, 0.6) is 0 Å². The van der Waals surface area contributed by atoms with Gasteiger partial charge in [-0.3, -0.25) is 0 Å². The first-order chi connectivity index (χ1) is 7.19. The fourth-order valence-corrected chi connectivity index (χ4v) is 2.04. The predicted octanol–water partition coefficient (Wildman–Crippen LogP) is 3.18. The maximum Gasteiger partial charge on any atom is 0.147 e. The molecule has 82 valence electrons. The van der Waals surface area contributed by atoms with E-state index in [2.05, 4.69) is 21.2 Å². The van der Waals surface area contributed by atoms with Crippen molar-refractivity contribution in [2.75, 3.05) is 12.4 Å². The van der Waals surface area contributed by atoms with Crippen LogP contribution in [0.2, 0.25) is 0 Å². The van der Waals surface area contributed by atoms with Gasteiger partial charge in [-0.15, -0.1) is 0 Å². The van der Waals surface area contributed by atoms with E-state index in [4.69, 9.17) is 4.74 Å². The molecule has 0 saturated heterocycles. The lowest BCUT2D eigenvalue weighted by atomic mass is 9.89. The van der Waals surface area contributed by atoms with Crippen LogP contribution in [0.4, 0.5) is 10.1 Å². The number of benzene rings is 1. The summed E-state index contributed by atoms with van der Waals surface area (Å²) >= 11 is 3.23. The van der Waals surface area contributed by atoms with Gasteiger partial charge in [0.15, 0.2) is 0 Å². The molecule has 1 fully saturated rings. The molecule has 4 heteroatoms. The van der Waals surface area contributed by atoms with Gasteiger partial charge in [0.1, 0.15) is 5.82 Å². The maximum absolute atomic E-state index is 13.4. The van der Waals surface area contributed by atoms with E-state index in [1.165, 1.54) is 6.07 Å². The smallest absolute Gasteiger partial charge is 0.147 e. The van der Waals surface area contributed by atoms with Crippen LogP contribution in [0.25, 0.3) is 0 Å². The number of rotatable bonds is 3. The number of halogens is 2. The van der Waals surface area contributed by atoms with Gasteiger partial charge in [0.2, 0.25) is 0 Å². The molecular weight excluding hydrogens is 261 g/mol. The third kappa shape index (κ3) is 2.49. The third-order valence-corrected chi connectivity index (χ3v) is 3.21. The molecule has 0 aliphatic heterocycles. The standard InChI is InChI=1S/C11H13BrFNO/c1-15-9-5-8(6-9)14-11-3-2-7(12)4-10(11)13/h2-4,8-9,14H,5-6H2,1H3. The normalized spacial score (nSPS) is 24.7.